The Morgan fingerprint density at radius 2 is 1.79 bits per heavy atom. The molecule has 3 aromatic rings. The topological polar surface area (TPSA) is 114 Å². The summed E-state index contributed by atoms with van der Waals surface area (Å²) in [6.07, 6.45) is -1.85. The van der Waals surface area contributed by atoms with E-state index >= 15 is 0 Å². The Balaban J connectivity index is 1.56. The summed E-state index contributed by atoms with van der Waals surface area (Å²) in [7, 11) is 0. The zero-order chi connectivity index (χ0) is 23.9. The van der Waals surface area contributed by atoms with Crippen LogP contribution in [0.15, 0.2) is 42.5 Å². The molecule has 172 valence electrons. The monoisotopic (exact) mass is 450 g/mol. The van der Waals surface area contributed by atoms with Crippen molar-refractivity contribution in [1.29, 1.82) is 0 Å². The van der Waals surface area contributed by atoms with Crippen LogP contribution in [0.2, 0.25) is 0 Å². The molecule has 0 radical (unpaired) electrons. The number of carbonyl (C=O) groups excluding carboxylic acids is 2. The minimum atomic E-state index is -1.29. The van der Waals surface area contributed by atoms with Crippen molar-refractivity contribution in [2.45, 2.75) is 52.3 Å². The van der Waals surface area contributed by atoms with Crippen LogP contribution in [-0.4, -0.2) is 43.5 Å². The minimum absolute atomic E-state index is 0.0274. The number of anilines is 1. The average Bonchev–Trinajstić information content (AvgIpc) is 3.32. The first-order valence-electron chi connectivity index (χ1n) is 10.6. The SMILES string of the molecule is CC(C(=O)Nc1nn(C(=O)O)c2c1CN(C(=O)OC(C)(C)C)C2)c1ccc2ccccc2c1. The molecule has 2 amide bonds. The summed E-state index contributed by atoms with van der Waals surface area (Å²) >= 11 is 0. The van der Waals surface area contributed by atoms with E-state index in [-0.39, 0.29) is 24.8 Å². The first kappa shape index (κ1) is 22.3. The van der Waals surface area contributed by atoms with Crippen LogP contribution in [-0.2, 0) is 22.6 Å². The molecule has 0 aliphatic carbocycles. The van der Waals surface area contributed by atoms with Crippen molar-refractivity contribution in [2.24, 2.45) is 0 Å². The van der Waals surface area contributed by atoms with Crippen LogP contribution in [0.4, 0.5) is 15.4 Å². The van der Waals surface area contributed by atoms with E-state index in [1.165, 1.54) is 4.90 Å². The summed E-state index contributed by atoms with van der Waals surface area (Å²) < 4.78 is 6.20. The van der Waals surface area contributed by atoms with Gasteiger partial charge in [0.05, 0.1) is 24.7 Å². The molecule has 9 nitrogen and oxygen atoms in total. The second kappa shape index (κ2) is 8.23. The molecule has 0 fully saturated rings. The molecule has 2 heterocycles. The van der Waals surface area contributed by atoms with Crippen LogP contribution in [0, 0.1) is 0 Å². The van der Waals surface area contributed by atoms with E-state index in [4.69, 9.17) is 4.74 Å². The number of carbonyl (C=O) groups is 3. The highest BCUT2D eigenvalue weighted by molar-refractivity contribution is 5.96. The molecule has 1 aliphatic rings. The Morgan fingerprint density at radius 1 is 1.09 bits per heavy atom. The molecule has 1 atom stereocenters. The second-order valence-corrected chi connectivity index (χ2v) is 9.12. The fourth-order valence-electron chi connectivity index (χ4n) is 3.81. The summed E-state index contributed by atoms with van der Waals surface area (Å²) in [5.74, 6) is -0.682. The lowest BCUT2D eigenvalue weighted by Gasteiger charge is -2.24. The van der Waals surface area contributed by atoms with Gasteiger partial charge in [-0.2, -0.15) is 4.68 Å². The van der Waals surface area contributed by atoms with Gasteiger partial charge in [0.1, 0.15) is 5.60 Å². The third kappa shape index (κ3) is 4.52. The fraction of sp³-hybridized carbons (Fsp3) is 0.333. The first-order valence-corrected chi connectivity index (χ1v) is 10.6. The maximum absolute atomic E-state index is 13.0. The average molecular weight is 450 g/mol. The van der Waals surface area contributed by atoms with Crippen LogP contribution < -0.4 is 5.32 Å². The molecule has 1 unspecified atom stereocenters. The van der Waals surface area contributed by atoms with E-state index in [0.29, 0.717) is 11.3 Å². The third-order valence-electron chi connectivity index (χ3n) is 5.52. The van der Waals surface area contributed by atoms with Gasteiger partial charge in [0.25, 0.3) is 0 Å². The Kier molecular flexibility index (Phi) is 5.57. The lowest BCUT2D eigenvalue weighted by Crippen LogP contribution is -2.34. The maximum Gasteiger partial charge on any atom is 0.432 e. The molecule has 4 rings (SSSR count). The van der Waals surface area contributed by atoms with Gasteiger partial charge in [-0.15, -0.1) is 5.10 Å². The van der Waals surface area contributed by atoms with Gasteiger partial charge in [0.15, 0.2) is 5.82 Å². The normalized spacial score (nSPS) is 14.1. The van der Waals surface area contributed by atoms with Gasteiger partial charge in [0.2, 0.25) is 5.91 Å². The van der Waals surface area contributed by atoms with Crippen LogP contribution in [0.3, 0.4) is 0 Å². The number of hydrogen-bond donors (Lipinski definition) is 2. The van der Waals surface area contributed by atoms with Crippen LogP contribution in [0.1, 0.15) is 50.4 Å². The number of fused-ring (bicyclic) bond motifs is 2. The molecule has 2 aromatic carbocycles. The van der Waals surface area contributed by atoms with Crippen molar-refractivity contribution in [3.8, 4) is 0 Å². The Hall–Kier alpha value is -3.88. The van der Waals surface area contributed by atoms with Crippen LogP contribution in [0.5, 0.6) is 0 Å². The summed E-state index contributed by atoms with van der Waals surface area (Å²) in [5.41, 5.74) is 0.969. The van der Waals surface area contributed by atoms with Crippen molar-refractivity contribution in [3.63, 3.8) is 0 Å². The quantitative estimate of drug-likeness (QED) is 0.605. The van der Waals surface area contributed by atoms with Gasteiger partial charge in [-0.25, -0.2) is 9.59 Å². The largest absolute Gasteiger partial charge is 0.463 e. The van der Waals surface area contributed by atoms with E-state index < -0.39 is 23.7 Å². The van der Waals surface area contributed by atoms with Crippen molar-refractivity contribution in [1.82, 2.24) is 14.7 Å². The molecule has 2 N–H and O–H groups in total. The predicted molar refractivity (Wildman–Crippen MR) is 122 cm³/mol. The molecule has 0 bridgehead atoms. The zero-order valence-corrected chi connectivity index (χ0v) is 19.0. The molecular weight excluding hydrogens is 424 g/mol. The Bertz CT molecular complexity index is 1260. The third-order valence-corrected chi connectivity index (χ3v) is 5.52. The molecule has 0 saturated heterocycles. The Labute approximate surface area is 190 Å². The van der Waals surface area contributed by atoms with E-state index in [2.05, 4.69) is 10.4 Å². The molecule has 9 heteroatoms. The van der Waals surface area contributed by atoms with E-state index in [1.54, 1.807) is 27.7 Å². The lowest BCUT2D eigenvalue weighted by molar-refractivity contribution is -0.117. The number of ether oxygens (including phenoxy) is 1. The molecule has 33 heavy (non-hydrogen) atoms. The molecule has 1 aliphatic heterocycles. The van der Waals surface area contributed by atoms with Crippen molar-refractivity contribution >= 4 is 34.7 Å². The van der Waals surface area contributed by atoms with E-state index in [0.717, 1.165) is 21.0 Å². The fourth-order valence-corrected chi connectivity index (χ4v) is 3.81. The number of rotatable bonds is 3. The zero-order valence-electron chi connectivity index (χ0n) is 19.0. The standard InChI is InChI=1S/C24H26N4O5/c1-14(16-10-9-15-7-5-6-8-17(15)11-16)21(29)25-20-18-12-27(23(32)33-24(2,3)4)13-19(18)28(26-20)22(30)31/h5-11,14H,12-13H2,1-4H3,(H,30,31)(H,25,26,29). The van der Waals surface area contributed by atoms with Crippen LogP contribution >= 0.6 is 0 Å². The van der Waals surface area contributed by atoms with Gasteiger partial charge in [-0.3, -0.25) is 9.69 Å². The number of hydrogen-bond acceptors (Lipinski definition) is 5. The minimum Gasteiger partial charge on any atom is -0.463 e. The van der Waals surface area contributed by atoms with Gasteiger partial charge in [-0.05, 0) is 44.0 Å². The number of nitrogens with zero attached hydrogens (tertiary/aromatic N) is 3. The highest BCUT2D eigenvalue weighted by Gasteiger charge is 2.35. The van der Waals surface area contributed by atoms with Gasteiger partial charge in [-0.1, -0.05) is 42.5 Å². The number of aromatic nitrogens is 2. The highest BCUT2D eigenvalue weighted by Crippen LogP contribution is 2.31. The molecular formula is C24H26N4O5. The predicted octanol–water partition coefficient (Wildman–Crippen LogP) is 4.56. The first-order chi connectivity index (χ1) is 15.5. The van der Waals surface area contributed by atoms with Gasteiger partial charge in [0, 0.05) is 5.56 Å². The molecule has 0 spiro atoms. The van der Waals surface area contributed by atoms with Gasteiger partial charge >= 0.3 is 12.2 Å². The van der Waals surface area contributed by atoms with Crippen molar-refractivity contribution in [3.05, 3.63) is 59.3 Å². The summed E-state index contributed by atoms with van der Waals surface area (Å²) in [5, 5.41) is 18.5. The lowest BCUT2D eigenvalue weighted by atomic mass is 9.97. The smallest absolute Gasteiger partial charge is 0.432 e. The van der Waals surface area contributed by atoms with Crippen molar-refractivity contribution in [2.75, 3.05) is 5.32 Å². The second-order valence-electron chi connectivity index (χ2n) is 9.12. The van der Waals surface area contributed by atoms with Crippen LogP contribution in [0.25, 0.3) is 10.8 Å². The molecule has 1 aromatic heterocycles. The number of amides is 2. The number of carboxylic acid groups (broad SMARTS) is 1. The summed E-state index contributed by atoms with van der Waals surface area (Å²) in [6, 6.07) is 13.7. The van der Waals surface area contributed by atoms with E-state index in [9.17, 15) is 19.5 Å². The Morgan fingerprint density at radius 3 is 2.45 bits per heavy atom. The van der Waals surface area contributed by atoms with Crippen molar-refractivity contribution < 1.29 is 24.2 Å². The molecule has 0 saturated carbocycles. The maximum atomic E-state index is 13.0. The number of nitrogens with one attached hydrogen (secondary N) is 1. The highest BCUT2D eigenvalue weighted by atomic mass is 16.6. The summed E-state index contributed by atoms with van der Waals surface area (Å²) in [6.45, 7) is 7.17. The summed E-state index contributed by atoms with van der Waals surface area (Å²) in [4.78, 5) is 38.6. The van der Waals surface area contributed by atoms with Gasteiger partial charge < -0.3 is 15.2 Å². The van der Waals surface area contributed by atoms with E-state index in [1.807, 2.05) is 42.5 Å². The number of benzene rings is 2.